The molecule has 1 atom stereocenters. The van der Waals surface area contributed by atoms with Crippen LogP contribution in [0.2, 0.25) is 0 Å². The Balaban J connectivity index is 1.28. The first-order chi connectivity index (χ1) is 17.1. The first-order valence-electron chi connectivity index (χ1n) is 11.6. The highest BCUT2D eigenvalue weighted by Gasteiger charge is 2.32. The van der Waals surface area contributed by atoms with E-state index in [1.165, 1.54) is 0 Å². The van der Waals surface area contributed by atoms with Crippen molar-refractivity contribution in [2.24, 2.45) is 5.73 Å². The van der Waals surface area contributed by atoms with Gasteiger partial charge in [-0.1, -0.05) is 48.5 Å². The molecule has 3 aromatic carbocycles. The summed E-state index contributed by atoms with van der Waals surface area (Å²) in [6, 6.07) is 24.0. The normalized spacial score (nSPS) is 15.0. The SMILES string of the molecule is NC(=O)Cn1ccc2ccc(CNCc3[nH]c4ccccc4c3C3NC(=O)c4ccccc43)cc21. The van der Waals surface area contributed by atoms with Gasteiger partial charge in [0.25, 0.3) is 5.91 Å². The van der Waals surface area contributed by atoms with E-state index in [0.717, 1.165) is 49.8 Å². The Morgan fingerprint density at radius 2 is 1.83 bits per heavy atom. The van der Waals surface area contributed by atoms with Gasteiger partial charge in [-0.15, -0.1) is 0 Å². The van der Waals surface area contributed by atoms with E-state index in [4.69, 9.17) is 5.73 Å². The van der Waals surface area contributed by atoms with E-state index in [1.54, 1.807) is 0 Å². The maximum atomic E-state index is 12.6. The molecule has 1 unspecified atom stereocenters. The number of amides is 2. The molecule has 7 heteroatoms. The summed E-state index contributed by atoms with van der Waals surface area (Å²) in [5.74, 6) is -0.403. The lowest BCUT2D eigenvalue weighted by atomic mass is 9.96. The van der Waals surface area contributed by atoms with Crippen LogP contribution < -0.4 is 16.4 Å². The Bertz CT molecular complexity index is 1600. The van der Waals surface area contributed by atoms with Gasteiger partial charge < -0.3 is 25.9 Å². The second-order valence-electron chi connectivity index (χ2n) is 8.96. The number of aromatic nitrogens is 2. The molecule has 3 heterocycles. The number of primary amides is 1. The van der Waals surface area contributed by atoms with Crippen LogP contribution in [0.1, 0.15) is 38.8 Å². The molecule has 1 aliphatic heterocycles. The summed E-state index contributed by atoms with van der Waals surface area (Å²) >= 11 is 0. The first-order valence-corrected chi connectivity index (χ1v) is 11.6. The third kappa shape index (κ3) is 3.76. The third-order valence-corrected chi connectivity index (χ3v) is 6.70. The van der Waals surface area contributed by atoms with Crippen molar-refractivity contribution in [2.75, 3.05) is 0 Å². The summed E-state index contributed by atoms with van der Waals surface area (Å²) in [5, 5.41) is 8.91. The summed E-state index contributed by atoms with van der Waals surface area (Å²) in [6.07, 6.45) is 1.89. The minimum atomic E-state index is -0.363. The second-order valence-corrected chi connectivity index (χ2v) is 8.96. The molecule has 0 spiro atoms. The van der Waals surface area contributed by atoms with Crippen molar-refractivity contribution in [1.82, 2.24) is 20.2 Å². The number of rotatable bonds is 7. The topological polar surface area (TPSA) is 105 Å². The smallest absolute Gasteiger partial charge is 0.252 e. The second kappa shape index (κ2) is 8.45. The molecule has 0 aliphatic carbocycles. The lowest BCUT2D eigenvalue weighted by Crippen LogP contribution is -2.22. The minimum absolute atomic E-state index is 0.0398. The zero-order valence-corrected chi connectivity index (χ0v) is 19.0. The van der Waals surface area contributed by atoms with Crippen LogP contribution in [0.25, 0.3) is 21.8 Å². The number of nitrogens with zero attached hydrogens (tertiary/aromatic N) is 1. The van der Waals surface area contributed by atoms with E-state index in [9.17, 15) is 9.59 Å². The molecule has 0 radical (unpaired) electrons. The number of aromatic amines is 1. The fourth-order valence-electron chi connectivity index (χ4n) is 5.14. The average molecular weight is 464 g/mol. The molecular weight excluding hydrogens is 438 g/mol. The highest BCUT2D eigenvalue weighted by molar-refractivity contribution is 6.01. The van der Waals surface area contributed by atoms with Gasteiger partial charge in [-0.25, -0.2) is 0 Å². The van der Waals surface area contributed by atoms with E-state index < -0.39 is 0 Å². The summed E-state index contributed by atoms with van der Waals surface area (Å²) in [7, 11) is 0. The van der Waals surface area contributed by atoms with E-state index >= 15 is 0 Å². The zero-order valence-electron chi connectivity index (χ0n) is 19.0. The molecule has 2 amide bonds. The molecule has 1 aliphatic rings. The van der Waals surface area contributed by atoms with Crippen LogP contribution in [0.3, 0.4) is 0 Å². The van der Waals surface area contributed by atoms with Crippen LogP contribution in [-0.4, -0.2) is 21.4 Å². The van der Waals surface area contributed by atoms with Crippen LogP contribution in [0.5, 0.6) is 0 Å². The molecule has 2 aromatic heterocycles. The highest BCUT2D eigenvalue weighted by Crippen LogP contribution is 2.37. The molecule has 0 fully saturated rings. The van der Waals surface area contributed by atoms with E-state index in [-0.39, 0.29) is 24.4 Å². The standard InChI is InChI=1S/C28H25N5O2/c29-25(34)16-33-12-11-18-10-9-17(13-24(18)33)14-30-15-23-26(21-7-3-4-8-22(21)31-23)27-19-5-1-2-6-20(19)28(35)32-27/h1-13,27,30-31H,14-16H2,(H2,29,34)(H,32,35). The molecule has 6 rings (SSSR count). The van der Waals surface area contributed by atoms with Crippen molar-refractivity contribution in [3.05, 3.63) is 107 Å². The number of nitrogens with one attached hydrogen (secondary N) is 3. The van der Waals surface area contributed by atoms with Crippen molar-refractivity contribution in [1.29, 1.82) is 0 Å². The van der Waals surface area contributed by atoms with Crippen LogP contribution in [0, 0.1) is 0 Å². The predicted molar refractivity (Wildman–Crippen MR) is 136 cm³/mol. The summed E-state index contributed by atoms with van der Waals surface area (Å²) in [4.78, 5) is 27.6. The van der Waals surface area contributed by atoms with Gasteiger partial charge in [0.05, 0.1) is 6.04 Å². The highest BCUT2D eigenvalue weighted by atomic mass is 16.2. The first kappa shape index (κ1) is 21.2. The summed E-state index contributed by atoms with van der Waals surface area (Å²) < 4.78 is 1.87. The summed E-state index contributed by atoms with van der Waals surface area (Å²) in [5.41, 5.74) is 12.4. The summed E-state index contributed by atoms with van der Waals surface area (Å²) in [6.45, 7) is 1.42. The molecule has 35 heavy (non-hydrogen) atoms. The van der Waals surface area contributed by atoms with Crippen molar-refractivity contribution >= 4 is 33.6 Å². The number of para-hydroxylation sites is 1. The number of carbonyl (C=O) groups excluding carboxylic acids is 2. The molecule has 0 bridgehead atoms. The number of benzene rings is 3. The van der Waals surface area contributed by atoms with Gasteiger partial charge in [0.1, 0.15) is 6.54 Å². The number of hydrogen-bond donors (Lipinski definition) is 4. The molecule has 5 N–H and O–H groups in total. The number of hydrogen-bond acceptors (Lipinski definition) is 3. The number of fused-ring (bicyclic) bond motifs is 3. The van der Waals surface area contributed by atoms with Gasteiger partial charge in [-0.3, -0.25) is 9.59 Å². The van der Waals surface area contributed by atoms with Crippen molar-refractivity contribution < 1.29 is 9.59 Å². The quantitative estimate of drug-likeness (QED) is 0.296. The van der Waals surface area contributed by atoms with Crippen LogP contribution >= 0.6 is 0 Å². The number of nitrogens with two attached hydrogens (primary N) is 1. The minimum Gasteiger partial charge on any atom is -0.368 e. The van der Waals surface area contributed by atoms with Gasteiger partial charge in [0, 0.05) is 52.5 Å². The monoisotopic (exact) mass is 463 g/mol. The van der Waals surface area contributed by atoms with Crippen LogP contribution in [-0.2, 0) is 24.4 Å². The number of carbonyl (C=O) groups is 2. The Morgan fingerprint density at radius 1 is 1.00 bits per heavy atom. The lowest BCUT2D eigenvalue weighted by Gasteiger charge is -2.15. The fourth-order valence-corrected chi connectivity index (χ4v) is 5.14. The van der Waals surface area contributed by atoms with E-state index in [1.807, 2.05) is 53.2 Å². The largest absolute Gasteiger partial charge is 0.368 e. The van der Waals surface area contributed by atoms with E-state index in [2.05, 4.69) is 45.9 Å². The number of H-pyrrole nitrogens is 1. The Hall–Kier alpha value is -4.36. The van der Waals surface area contributed by atoms with Crippen molar-refractivity contribution in [2.45, 2.75) is 25.7 Å². The molecular formula is C28H25N5O2. The third-order valence-electron chi connectivity index (χ3n) is 6.70. The fraction of sp³-hybridized carbons (Fsp3) is 0.143. The molecule has 5 aromatic rings. The van der Waals surface area contributed by atoms with E-state index in [0.29, 0.717) is 13.1 Å². The average Bonchev–Trinajstić information content (AvgIpc) is 3.52. The van der Waals surface area contributed by atoms with Gasteiger partial charge in [-0.2, -0.15) is 0 Å². The lowest BCUT2D eigenvalue weighted by molar-refractivity contribution is -0.118. The van der Waals surface area contributed by atoms with Gasteiger partial charge in [0.15, 0.2) is 0 Å². The zero-order chi connectivity index (χ0) is 23.9. The Morgan fingerprint density at radius 3 is 2.71 bits per heavy atom. The molecule has 0 saturated heterocycles. The molecule has 0 saturated carbocycles. The Labute approximate surface area is 201 Å². The maximum absolute atomic E-state index is 12.6. The maximum Gasteiger partial charge on any atom is 0.252 e. The predicted octanol–water partition coefficient (Wildman–Crippen LogP) is 3.73. The molecule has 7 nitrogen and oxygen atoms in total. The Kier molecular flexibility index (Phi) is 5.12. The van der Waals surface area contributed by atoms with Crippen LogP contribution in [0.4, 0.5) is 0 Å². The molecule has 174 valence electrons. The van der Waals surface area contributed by atoms with Crippen molar-refractivity contribution in [3.8, 4) is 0 Å². The van der Waals surface area contributed by atoms with Crippen molar-refractivity contribution in [3.63, 3.8) is 0 Å². The van der Waals surface area contributed by atoms with Gasteiger partial charge >= 0.3 is 0 Å². The van der Waals surface area contributed by atoms with Gasteiger partial charge in [0.2, 0.25) is 5.91 Å². The van der Waals surface area contributed by atoms with Crippen LogP contribution in [0.15, 0.2) is 79.0 Å². The van der Waals surface area contributed by atoms with Gasteiger partial charge in [-0.05, 0) is 40.8 Å².